The molecule has 2 amide bonds. The summed E-state index contributed by atoms with van der Waals surface area (Å²) in [6, 6.07) is 9.99. The molecule has 1 aliphatic rings. The maximum absolute atomic E-state index is 12.7. The minimum atomic E-state index is -0.525. The molecule has 2 aromatic carbocycles. The fourth-order valence-corrected chi connectivity index (χ4v) is 3.34. The molecule has 2 aromatic rings. The predicted octanol–water partition coefficient (Wildman–Crippen LogP) is 4.00. The number of nitrogens with one attached hydrogen (secondary N) is 1. The molecule has 6 nitrogen and oxygen atoms in total. The summed E-state index contributed by atoms with van der Waals surface area (Å²) in [6.07, 6.45) is 0.0843. The van der Waals surface area contributed by atoms with Crippen molar-refractivity contribution in [3.8, 4) is 11.5 Å². The monoisotopic (exact) mass is 408 g/mol. The van der Waals surface area contributed by atoms with Crippen molar-refractivity contribution >= 4 is 46.4 Å². The Bertz CT molecular complexity index is 888. The first-order valence-corrected chi connectivity index (χ1v) is 8.97. The Morgan fingerprint density at radius 2 is 1.93 bits per heavy atom. The molecule has 1 N–H and O–H groups in total. The van der Waals surface area contributed by atoms with E-state index in [0.29, 0.717) is 32.9 Å². The lowest BCUT2D eigenvalue weighted by Gasteiger charge is -2.19. The van der Waals surface area contributed by atoms with Crippen molar-refractivity contribution in [2.45, 2.75) is 6.42 Å². The number of amides is 2. The molecular formula is C19H18Cl2N2O4. The number of benzene rings is 2. The summed E-state index contributed by atoms with van der Waals surface area (Å²) in [4.78, 5) is 26.6. The zero-order valence-electron chi connectivity index (χ0n) is 14.8. The lowest BCUT2D eigenvalue weighted by Crippen LogP contribution is -2.28. The summed E-state index contributed by atoms with van der Waals surface area (Å²) < 4.78 is 10.5. The summed E-state index contributed by atoms with van der Waals surface area (Å²) in [7, 11) is 3.05. The van der Waals surface area contributed by atoms with Crippen LogP contribution in [0, 0.1) is 5.92 Å². The van der Waals surface area contributed by atoms with Gasteiger partial charge in [-0.2, -0.15) is 0 Å². The van der Waals surface area contributed by atoms with Gasteiger partial charge in [0, 0.05) is 24.1 Å². The van der Waals surface area contributed by atoms with Gasteiger partial charge < -0.3 is 19.7 Å². The topological polar surface area (TPSA) is 67.9 Å². The average molecular weight is 409 g/mol. The number of carbonyl (C=O) groups excluding carboxylic acids is 2. The number of halogens is 2. The number of carbonyl (C=O) groups is 2. The Morgan fingerprint density at radius 1 is 1.15 bits per heavy atom. The van der Waals surface area contributed by atoms with E-state index in [9.17, 15) is 9.59 Å². The van der Waals surface area contributed by atoms with Crippen molar-refractivity contribution in [3.63, 3.8) is 0 Å². The SMILES string of the molecule is COc1ccc(OC)c(NC(=O)[C@H]2CC(=O)N(c3cc(Cl)ccc3Cl)C2)c1. The summed E-state index contributed by atoms with van der Waals surface area (Å²) in [5, 5.41) is 3.69. The maximum Gasteiger partial charge on any atom is 0.229 e. The average Bonchev–Trinajstić information content (AvgIpc) is 3.05. The Kier molecular flexibility index (Phi) is 5.77. The third kappa shape index (κ3) is 4.12. The smallest absolute Gasteiger partial charge is 0.229 e. The molecule has 3 rings (SSSR count). The Balaban J connectivity index is 1.77. The van der Waals surface area contributed by atoms with Crippen molar-refractivity contribution in [3.05, 3.63) is 46.4 Å². The Morgan fingerprint density at radius 3 is 2.63 bits per heavy atom. The third-order valence-corrected chi connectivity index (χ3v) is 4.91. The molecule has 0 bridgehead atoms. The van der Waals surface area contributed by atoms with Crippen LogP contribution in [-0.2, 0) is 9.59 Å². The van der Waals surface area contributed by atoms with Crippen LogP contribution < -0.4 is 19.7 Å². The van der Waals surface area contributed by atoms with Crippen LogP contribution >= 0.6 is 23.2 Å². The highest BCUT2D eigenvalue weighted by atomic mass is 35.5. The van der Waals surface area contributed by atoms with Crippen LogP contribution in [0.15, 0.2) is 36.4 Å². The van der Waals surface area contributed by atoms with Crippen LogP contribution in [0.3, 0.4) is 0 Å². The van der Waals surface area contributed by atoms with Crippen LogP contribution in [0.5, 0.6) is 11.5 Å². The predicted molar refractivity (Wildman–Crippen MR) is 105 cm³/mol. The standard InChI is InChI=1S/C19H18Cl2N2O4/c1-26-13-4-6-17(27-2)15(9-13)22-19(25)11-7-18(24)23(10-11)16-8-12(20)3-5-14(16)21/h3-6,8-9,11H,7,10H2,1-2H3,(H,22,25)/t11-/m0/s1. The molecule has 1 atom stereocenters. The molecule has 0 radical (unpaired) electrons. The molecule has 8 heteroatoms. The number of rotatable bonds is 5. The second-order valence-electron chi connectivity index (χ2n) is 6.06. The van der Waals surface area contributed by atoms with Gasteiger partial charge in [-0.15, -0.1) is 0 Å². The van der Waals surface area contributed by atoms with Crippen LogP contribution in [-0.4, -0.2) is 32.6 Å². The highest BCUT2D eigenvalue weighted by Crippen LogP contribution is 2.34. The van der Waals surface area contributed by atoms with E-state index in [1.165, 1.54) is 19.1 Å². The lowest BCUT2D eigenvalue weighted by atomic mass is 10.1. The van der Waals surface area contributed by atoms with E-state index < -0.39 is 5.92 Å². The fourth-order valence-electron chi connectivity index (χ4n) is 2.96. The van der Waals surface area contributed by atoms with Crippen molar-refractivity contribution in [1.29, 1.82) is 0 Å². The van der Waals surface area contributed by atoms with Crippen LogP contribution in [0.2, 0.25) is 10.0 Å². The van der Waals surface area contributed by atoms with Gasteiger partial charge in [0.25, 0.3) is 0 Å². The molecular weight excluding hydrogens is 391 g/mol. The highest BCUT2D eigenvalue weighted by molar-refractivity contribution is 6.36. The Labute approximate surface area is 167 Å². The molecule has 1 saturated heterocycles. The Hall–Kier alpha value is -2.44. The third-order valence-electron chi connectivity index (χ3n) is 4.36. The van der Waals surface area contributed by atoms with E-state index in [1.54, 1.807) is 36.4 Å². The zero-order chi connectivity index (χ0) is 19.6. The first kappa shape index (κ1) is 19.3. The number of ether oxygens (including phenoxy) is 2. The minimum Gasteiger partial charge on any atom is -0.497 e. The van der Waals surface area contributed by atoms with Crippen LogP contribution in [0.1, 0.15) is 6.42 Å². The van der Waals surface area contributed by atoms with Crippen LogP contribution in [0.25, 0.3) is 0 Å². The molecule has 1 aliphatic heterocycles. The molecule has 142 valence electrons. The molecule has 27 heavy (non-hydrogen) atoms. The second kappa shape index (κ2) is 8.06. The van der Waals surface area contributed by atoms with Crippen molar-refractivity contribution in [1.82, 2.24) is 0 Å². The van der Waals surface area contributed by atoms with Gasteiger partial charge in [-0.25, -0.2) is 0 Å². The largest absolute Gasteiger partial charge is 0.497 e. The summed E-state index contributed by atoms with van der Waals surface area (Å²) in [5.74, 6) is 0.0973. The normalized spacial score (nSPS) is 16.4. The van der Waals surface area contributed by atoms with Gasteiger partial charge >= 0.3 is 0 Å². The number of anilines is 2. The van der Waals surface area contributed by atoms with E-state index in [2.05, 4.69) is 5.32 Å². The van der Waals surface area contributed by atoms with Gasteiger partial charge in [-0.1, -0.05) is 23.2 Å². The zero-order valence-corrected chi connectivity index (χ0v) is 16.3. The number of hydrogen-bond acceptors (Lipinski definition) is 4. The molecule has 0 aromatic heterocycles. The quantitative estimate of drug-likeness (QED) is 0.811. The molecule has 0 saturated carbocycles. The molecule has 0 unspecified atom stereocenters. The van der Waals surface area contributed by atoms with E-state index in [1.807, 2.05) is 0 Å². The van der Waals surface area contributed by atoms with Crippen molar-refractivity contribution in [2.24, 2.45) is 5.92 Å². The van der Waals surface area contributed by atoms with E-state index in [4.69, 9.17) is 32.7 Å². The second-order valence-corrected chi connectivity index (χ2v) is 6.90. The lowest BCUT2D eigenvalue weighted by molar-refractivity contribution is -0.122. The van der Waals surface area contributed by atoms with Gasteiger partial charge in [0.1, 0.15) is 11.5 Å². The molecule has 1 heterocycles. The van der Waals surface area contributed by atoms with Gasteiger partial charge in [0.05, 0.1) is 36.5 Å². The number of nitrogens with zero attached hydrogens (tertiary/aromatic N) is 1. The highest BCUT2D eigenvalue weighted by Gasteiger charge is 2.36. The summed E-state index contributed by atoms with van der Waals surface area (Å²) >= 11 is 12.2. The molecule has 0 spiro atoms. The first-order valence-electron chi connectivity index (χ1n) is 8.21. The number of methoxy groups -OCH3 is 2. The van der Waals surface area contributed by atoms with Gasteiger partial charge in [-0.05, 0) is 30.3 Å². The van der Waals surface area contributed by atoms with Crippen molar-refractivity contribution < 1.29 is 19.1 Å². The molecule has 1 fully saturated rings. The molecule has 0 aliphatic carbocycles. The van der Waals surface area contributed by atoms with E-state index in [0.717, 1.165) is 0 Å². The number of hydrogen-bond donors (Lipinski definition) is 1. The first-order chi connectivity index (χ1) is 12.9. The van der Waals surface area contributed by atoms with Gasteiger partial charge in [0.15, 0.2) is 0 Å². The van der Waals surface area contributed by atoms with Crippen molar-refractivity contribution in [2.75, 3.05) is 31.0 Å². The summed E-state index contributed by atoms with van der Waals surface area (Å²) in [6.45, 7) is 0.219. The maximum atomic E-state index is 12.7. The van der Waals surface area contributed by atoms with Gasteiger partial charge in [-0.3, -0.25) is 9.59 Å². The fraction of sp³-hybridized carbons (Fsp3) is 0.263. The van der Waals surface area contributed by atoms with Crippen LogP contribution in [0.4, 0.5) is 11.4 Å². The minimum absolute atomic E-state index is 0.0843. The summed E-state index contributed by atoms with van der Waals surface area (Å²) in [5.41, 5.74) is 0.983. The van der Waals surface area contributed by atoms with E-state index in [-0.39, 0.29) is 24.8 Å². The van der Waals surface area contributed by atoms with E-state index >= 15 is 0 Å². The van der Waals surface area contributed by atoms with Gasteiger partial charge in [0.2, 0.25) is 11.8 Å².